The normalized spacial score (nSPS) is 9.68. The van der Waals surface area contributed by atoms with Crippen LogP contribution in [0.2, 0.25) is 0 Å². The fourth-order valence-electron chi connectivity index (χ4n) is 2.76. The molecule has 0 aliphatic heterocycles. The van der Waals surface area contributed by atoms with Crippen LogP contribution in [0.25, 0.3) is 0 Å². The number of carbonyl (C=O) groups excluding carboxylic acids is 2. The lowest BCUT2D eigenvalue weighted by Gasteiger charge is -2.05. The molecular formula is C27H30N6O6S. The largest absolute Gasteiger partial charge is 0.462 e. The van der Waals surface area contributed by atoms with E-state index in [1.54, 1.807) is 20.1 Å². The lowest BCUT2D eigenvalue weighted by molar-refractivity contribution is 0.0514. The third kappa shape index (κ3) is 10.5. The van der Waals surface area contributed by atoms with Crippen LogP contribution in [0.1, 0.15) is 34.6 Å². The van der Waals surface area contributed by atoms with Crippen LogP contribution < -0.4 is 22.2 Å². The number of nitrogen functional groups attached to an aromatic ring is 1. The van der Waals surface area contributed by atoms with Crippen LogP contribution in [0.15, 0.2) is 87.8 Å². The van der Waals surface area contributed by atoms with Crippen molar-refractivity contribution in [3.05, 3.63) is 105 Å². The number of carbonyl (C=O) groups is 2. The van der Waals surface area contributed by atoms with E-state index in [4.69, 9.17) is 10.5 Å². The number of nitrogens with zero attached hydrogens (tertiary/aromatic N) is 2. The predicted molar refractivity (Wildman–Crippen MR) is 154 cm³/mol. The lowest BCUT2D eigenvalue weighted by Crippen LogP contribution is -2.21. The van der Waals surface area contributed by atoms with Crippen LogP contribution in [-0.2, 0) is 9.47 Å². The Labute approximate surface area is 234 Å². The molecular weight excluding hydrogens is 536 g/mol. The Morgan fingerprint density at radius 1 is 0.825 bits per heavy atom. The minimum Gasteiger partial charge on any atom is -0.462 e. The van der Waals surface area contributed by atoms with E-state index < -0.39 is 23.1 Å². The van der Waals surface area contributed by atoms with Gasteiger partial charge in [-0.15, -0.1) is 0 Å². The summed E-state index contributed by atoms with van der Waals surface area (Å²) in [7, 11) is 0. The number of nitrogens with one attached hydrogen (secondary N) is 3. The van der Waals surface area contributed by atoms with Gasteiger partial charge in [-0.2, -0.15) is 0 Å². The highest BCUT2D eigenvalue weighted by Gasteiger charge is 2.13. The Kier molecular flexibility index (Phi) is 13.2. The maximum absolute atomic E-state index is 11.7. The first-order valence-corrected chi connectivity index (χ1v) is 13.2. The molecule has 0 saturated heterocycles. The van der Waals surface area contributed by atoms with Crippen LogP contribution in [-0.4, -0.2) is 51.3 Å². The highest BCUT2D eigenvalue weighted by atomic mass is 32.2. The van der Waals surface area contributed by atoms with Crippen molar-refractivity contribution >= 4 is 41.0 Å². The van der Waals surface area contributed by atoms with Crippen molar-refractivity contribution in [3.8, 4) is 0 Å². The molecule has 4 aromatic rings. The van der Waals surface area contributed by atoms with E-state index in [-0.39, 0.29) is 30.3 Å². The molecule has 2 aromatic heterocycles. The van der Waals surface area contributed by atoms with Crippen molar-refractivity contribution in [3.63, 3.8) is 0 Å². The van der Waals surface area contributed by atoms with Crippen molar-refractivity contribution in [1.29, 1.82) is 0 Å². The van der Waals surface area contributed by atoms with Crippen LogP contribution >= 0.6 is 11.8 Å². The molecule has 40 heavy (non-hydrogen) atoms. The molecule has 210 valence electrons. The van der Waals surface area contributed by atoms with Crippen molar-refractivity contribution in [2.75, 3.05) is 30.5 Å². The first-order chi connectivity index (χ1) is 19.3. The summed E-state index contributed by atoms with van der Waals surface area (Å²) in [6.07, 6.45) is 4.20. The molecule has 13 heteroatoms. The number of benzene rings is 2. The highest BCUT2D eigenvalue weighted by Crippen LogP contribution is 2.10. The van der Waals surface area contributed by atoms with Gasteiger partial charge < -0.3 is 25.5 Å². The number of aromatic amines is 2. The first kappa shape index (κ1) is 31.3. The van der Waals surface area contributed by atoms with E-state index in [9.17, 15) is 19.2 Å². The fraction of sp³-hybridized carbons (Fsp3) is 0.185. The van der Waals surface area contributed by atoms with Crippen molar-refractivity contribution in [2.45, 2.75) is 19.0 Å². The van der Waals surface area contributed by atoms with Crippen LogP contribution in [0.3, 0.4) is 0 Å². The van der Waals surface area contributed by atoms with Gasteiger partial charge in [-0.1, -0.05) is 48.2 Å². The summed E-state index contributed by atoms with van der Waals surface area (Å²) in [5.74, 6) is -1.05. The summed E-state index contributed by atoms with van der Waals surface area (Å²) < 4.78 is 9.42. The summed E-state index contributed by atoms with van der Waals surface area (Å²) in [6.45, 7) is 3.80. The standard InChI is InChI=1S/C13H13N3O3.C8H10N2O3S.C6H7N/c1-2-19-12(18)10-8-14-13(16-11(10)17)15-9-6-4-3-5-7-9;1-3-13-7(12)5-4-9-8(14-2)10-6(5)11;7-6-4-2-1-3-5-6/h3-8H,2H2,1H3,(H2,14,15,16,17);4H,3H2,1-2H3,(H,9,10,11);1-5H,7H2. The van der Waals surface area contributed by atoms with Crippen LogP contribution in [0.5, 0.6) is 0 Å². The van der Waals surface area contributed by atoms with Crippen LogP contribution in [0, 0.1) is 0 Å². The monoisotopic (exact) mass is 566 g/mol. The molecule has 0 aliphatic carbocycles. The molecule has 0 fully saturated rings. The Hall–Kier alpha value is -4.91. The second-order valence-electron chi connectivity index (χ2n) is 7.45. The summed E-state index contributed by atoms with van der Waals surface area (Å²) in [5, 5.41) is 3.40. The molecule has 5 N–H and O–H groups in total. The van der Waals surface area contributed by atoms with E-state index in [1.807, 2.05) is 60.7 Å². The Bertz CT molecular complexity index is 1480. The van der Waals surface area contributed by atoms with Gasteiger partial charge >= 0.3 is 11.9 Å². The molecule has 12 nitrogen and oxygen atoms in total. The zero-order valence-corrected chi connectivity index (χ0v) is 23.0. The zero-order valence-electron chi connectivity index (χ0n) is 22.2. The summed E-state index contributed by atoms with van der Waals surface area (Å²) in [6, 6.07) is 18.7. The number of aromatic nitrogens is 4. The smallest absolute Gasteiger partial charge is 0.345 e. The number of esters is 2. The zero-order chi connectivity index (χ0) is 29.3. The lowest BCUT2D eigenvalue weighted by atomic mass is 10.3. The molecule has 4 rings (SSSR count). The SMILES string of the molecule is CCOC(=O)c1cnc(Nc2ccccc2)[nH]c1=O.CCOC(=O)c1cnc(SC)[nH]c1=O.Nc1ccccc1. The number of hydrogen-bond acceptors (Lipinski definition) is 11. The van der Waals surface area contributed by atoms with E-state index in [1.165, 1.54) is 24.2 Å². The number of H-pyrrole nitrogens is 2. The molecule has 0 radical (unpaired) electrons. The van der Waals surface area contributed by atoms with Crippen LogP contribution in [0.4, 0.5) is 17.3 Å². The number of para-hydroxylation sites is 2. The third-order valence-electron chi connectivity index (χ3n) is 4.60. The quantitative estimate of drug-likeness (QED) is 0.111. The molecule has 0 amide bonds. The Morgan fingerprint density at radius 2 is 1.32 bits per heavy atom. The average Bonchev–Trinajstić information content (AvgIpc) is 2.95. The fourth-order valence-corrected chi connectivity index (χ4v) is 3.11. The summed E-state index contributed by atoms with van der Waals surface area (Å²) in [4.78, 5) is 58.4. The Balaban J connectivity index is 0.000000233. The van der Waals surface area contributed by atoms with E-state index >= 15 is 0 Å². The van der Waals surface area contributed by atoms with E-state index in [2.05, 4.69) is 30.0 Å². The second kappa shape index (κ2) is 16.8. The van der Waals surface area contributed by atoms with E-state index in [0.717, 1.165) is 11.4 Å². The number of hydrogen-bond donors (Lipinski definition) is 4. The molecule has 0 aliphatic rings. The molecule has 2 aromatic carbocycles. The van der Waals surface area contributed by atoms with Gasteiger partial charge in [0, 0.05) is 17.6 Å². The molecule has 0 bridgehead atoms. The van der Waals surface area contributed by atoms with Gasteiger partial charge in [0.1, 0.15) is 11.1 Å². The summed E-state index contributed by atoms with van der Waals surface area (Å²) >= 11 is 1.30. The van der Waals surface area contributed by atoms with Gasteiger partial charge in [0.15, 0.2) is 5.16 Å². The van der Waals surface area contributed by atoms with Gasteiger partial charge in [0.25, 0.3) is 11.1 Å². The Morgan fingerprint density at radius 3 is 1.75 bits per heavy atom. The molecule has 2 heterocycles. The van der Waals surface area contributed by atoms with Crippen molar-refractivity contribution in [1.82, 2.24) is 19.9 Å². The van der Waals surface area contributed by atoms with Crippen molar-refractivity contribution in [2.24, 2.45) is 0 Å². The number of nitrogens with two attached hydrogens (primary N) is 1. The van der Waals surface area contributed by atoms with Gasteiger partial charge in [-0.25, -0.2) is 19.6 Å². The second-order valence-corrected chi connectivity index (χ2v) is 8.25. The van der Waals surface area contributed by atoms with Gasteiger partial charge in [-0.05, 0) is 44.4 Å². The highest BCUT2D eigenvalue weighted by molar-refractivity contribution is 7.98. The average molecular weight is 567 g/mol. The van der Waals surface area contributed by atoms with Crippen molar-refractivity contribution < 1.29 is 19.1 Å². The number of thioether (sulfide) groups is 1. The maximum Gasteiger partial charge on any atom is 0.345 e. The number of rotatable bonds is 7. The maximum atomic E-state index is 11.7. The molecule has 0 spiro atoms. The number of ether oxygens (including phenoxy) is 2. The molecule has 0 unspecified atom stereocenters. The van der Waals surface area contributed by atoms with Gasteiger partial charge in [0.2, 0.25) is 5.95 Å². The molecule has 0 atom stereocenters. The first-order valence-electron chi connectivity index (χ1n) is 12.0. The predicted octanol–water partition coefficient (Wildman–Crippen LogP) is 3.63. The minimum absolute atomic E-state index is 0.0651. The van der Waals surface area contributed by atoms with Gasteiger partial charge in [0.05, 0.1) is 19.4 Å². The number of anilines is 3. The molecule has 0 saturated carbocycles. The minimum atomic E-state index is -0.678. The van der Waals surface area contributed by atoms with E-state index in [0.29, 0.717) is 5.16 Å². The summed E-state index contributed by atoms with van der Waals surface area (Å²) in [5.41, 5.74) is 5.79. The topological polar surface area (TPSA) is 182 Å². The third-order valence-corrected chi connectivity index (χ3v) is 5.19. The van der Waals surface area contributed by atoms with Gasteiger partial charge in [-0.3, -0.25) is 14.6 Å².